The zero-order valence-electron chi connectivity index (χ0n) is 11.0. The van der Waals surface area contributed by atoms with Gasteiger partial charge in [0, 0.05) is 11.8 Å². The van der Waals surface area contributed by atoms with Crippen LogP contribution >= 0.6 is 12.2 Å². The molecular weight excluding hydrogens is 340 g/mol. The molecular formula is C10H14N2O8S2. The Morgan fingerprint density at radius 2 is 2.05 bits per heavy atom. The third-order valence-electron chi connectivity index (χ3n) is 3.40. The average Bonchev–Trinajstić information content (AvgIpc) is 2.62. The van der Waals surface area contributed by atoms with Gasteiger partial charge in [0.2, 0.25) is 0 Å². The average molecular weight is 354 g/mol. The van der Waals surface area contributed by atoms with E-state index in [1.54, 1.807) is 0 Å². The summed E-state index contributed by atoms with van der Waals surface area (Å²) in [6.07, 6.45) is -3.71. The van der Waals surface area contributed by atoms with E-state index >= 15 is 0 Å². The summed E-state index contributed by atoms with van der Waals surface area (Å²) in [7, 11) is -4.66. The Balaban J connectivity index is 2.67. The van der Waals surface area contributed by atoms with E-state index in [-0.39, 0.29) is 10.2 Å². The van der Waals surface area contributed by atoms with Crippen LogP contribution in [0.3, 0.4) is 0 Å². The van der Waals surface area contributed by atoms with Crippen molar-refractivity contribution in [2.24, 2.45) is 0 Å². The molecule has 124 valence electrons. The molecule has 0 aromatic carbocycles. The number of aromatic nitrogens is 2. The molecule has 0 amide bonds. The van der Waals surface area contributed by atoms with Gasteiger partial charge in [-0.1, -0.05) is 12.2 Å². The Kier molecular flexibility index (Phi) is 4.54. The molecule has 22 heavy (non-hydrogen) atoms. The van der Waals surface area contributed by atoms with Gasteiger partial charge in [0.1, 0.15) is 34.3 Å². The number of nitrogens with one attached hydrogen (secondary N) is 2. The van der Waals surface area contributed by atoms with Gasteiger partial charge in [-0.15, -0.1) is 0 Å². The van der Waals surface area contributed by atoms with Crippen LogP contribution in [0.4, 0.5) is 0 Å². The molecule has 12 heteroatoms. The van der Waals surface area contributed by atoms with E-state index in [0.717, 1.165) is 6.20 Å². The number of rotatable bonds is 4. The van der Waals surface area contributed by atoms with Crippen LogP contribution in [0.2, 0.25) is 0 Å². The summed E-state index contributed by atoms with van der Waals surface area (Å²) < 4.78 is 36.8. The molecule has 0 bridgehead atoms. The van der Waals surface area contributed by atoms with Gasteiger partial charge in [-0.3, -0.25) is 9.54 Å². The molecule has 0 aliphatic carbocycles. The molecule has 4 atom stereocenters. The molecule has 6 N–H and O–H groups in total. The molecule has 1 aliphatic rings. The topological polar surface area (TPSA) is 173 Å². The van der Waals surface area contributed by atoms with Gasteiger partial charge in [0.25, 0.3) is 10.1 Å². The number of aliphatic hydroxyl groups is 3. The van der Waals surface area contributed by atoms with Crippen molar-refractivity contribution in [3.8, 4) is 0 Å². The van der Waals surface area contributed by atoms with Gasteiger partial charge in [0.05, 0.1) is 6.61 Å². The first kappa shape index (κ1) is 17.2. The number of H-pyrrole nitrogens is 2. The van der Waals surface area contributed by atoms with Crippen LogP contribution in [-0.4, -0.2) is 68.9 Å². The molecule has 0 radical (unpaired) electrons. The summed E-state index contributed by atoms with van der Waals surface area (Å²) in [5.74, 6) is -1.13. The molecule has 1 aliphatic heterocycles. The van der Waals surface area contributed by atoms with Gasteiger partial charge in [-0.05, 0) is 0 Å². The van der Waals surface area contributed by atoms with E-state index in [9.17, 15) is 23.4 Å². The Bertz CT molecular complexity index is 772. The van der Waals surface area contributed by atoms with E-state index in [0.29, 0.717) is 0 Å². The quantitative estimate of drug-likeness (QED) is 0.255. The van der Waals surface area contributed by atoms with Crippen LogP contribution < -0.4 is 5.69 Å². The van der Waals surface area contributed by atoms with Gasteiger partial charge >= 0.3 is 5.69 Å². The van der Waals surface area contributed by atoms with Crippen molar-refractivity contribution in [2.45, 2.75) is 23.9 Å². The third kappa shape index (κ3) is 2.99. The molecule has 2 rings (SSSR count). The number of hydrogen-bond donors (Lipinski definition) is 6. The number of aromatic amines is 2. The summed E-state index contributed by atoms with van der Waals surface area (Å²) in [5.41, 5.74) is -2.97. The van der Waals surface area contributed by atoms with Crippen molar-refractivity contribution in [1.29, 1.82) is 0 Å². The van der Waals surface area contributed by atoms with Gasteiger partial charge in [0.15, 0.2) is 0 Å². The maximum absolute atomic E-state index is 11.3. The summed E-state index contributed by atoms with van der Waals surface area (Å²) in [6.45, 7) is -0.703. The maximum Gasteiger partial charge on any atom is 0.323 e. The molecule has 0 saturated carbocycles. The lowest BCUT2D eigenvalue weighted by Crippen LogP contribution is -2.46. The van der Waals surface area contributed by atoms with Gasteiger partial charge < -0.3 is 25.0 Å². The van der Waals surface area contributed by atoms with Crippen LogP contribution in [0.5, 0.6) is 0 Å². The van der Waals surface area contributed by atoms with Crippen LogP contribution in [0, 0.1) is 4.64 Å². The summed E-state index contributed by atoms with van der Waals surface area (Å²) in [4.78, 5) is 15.6. The minimum Gasteiger partial charge on any atom is -0.394 e. The molecule has 1 aromatic rings. The second-order valence-corrected chi connectivity index (χ2v) is 6.74. The third-order valence-corrected chi connectivity index (χ3v) is 4.51. The van der Waals surface area contributed by atoms with Gasteiger partial charge in [-0.2, -0.15) is 8.42 Å². The Labute approximate surface area is 129 Å². The van der Waals surface area contributed by atoms with E-state index in [1.165, 1.54) is 0 Å². The van der Waals surface area contributed by atoms with Crippen LogP contribution in [-0.2, 0) is 20.5 Å². The van der Waals surface area contributed by atoms with Crippen molar-refractivity contribution in [2.75, 3.05) is 12.4 Å². The van der Waals surface area contributed by atoms with Crippen molar-refractivity contribution in [1.82, 2.24) is 9.97 Å². The second-order valence-electron chi connectivity index (χ2n) is 4.88. The minimum absolute atomic E-state index is 0.151. The zero-order valence-corrected chi connectivity index (χ0v) is 12.6. The first-order chi connectivity index (χ1) is 10.1. The molecule has 1 saturated heterocycles. The monoisotopic (exact) mass is 354 g/mol. The van der Waals surface area contributed by atoms with E-state index in [2.05, 4.69) is 9.97 Å². The highest BCUT2D eigenvalue weighted by Gasteiger charge is 2.57. The fourth-order valence-electron chi connectivity index (χ4n) is 2.45. The van der Waals surface area contributed by atoms with Crippen LogP contribution in [0.25, 0.3) is 0 Å². The highest BCUT2D eigenvalue weighted by molar-refractivity contribution is 7.85. The largest absolute Gasteiger partial charge is 0.394 e. The lowest BCUT2D eigenvalue weighted by atomic mass is 9.90. The fourth-order valence-corrected chi connectivity index (χ4v) is 3.71. The molecule has 1 fully saturated rings. The predicted octanol–water partition coefficient (Wildman–Crippen LogP) is -2.37. The standard InChI is InChI=1S/C10H14N2O8S2/c13-2-5-6(14)7(15)10(20-5,3-22(17,18)19)4-1-11-9(16)12-8(4)21/h1,5-7,13-15H,2-3H2,(H,17,18,19)(H2,11,12,16,21)/t5-,6-,7-,10+/m1/s1. The fraction of sp³-hybridized carbons (Fsp3) is 0.600. The van der Waals surface area contributed by atoms with Crippen molar-refractivity contribution in [3.63, 3.8) is 0 Å². The highest BCUT2D eigenvalue weighted by Crippen LogP contribution is 2.40. The normalized spacial score (nSPS) is 32.3. The Morgan fingerprint density at radius 1 is 1.41 bits per heavy atom. The zero-order chi connectivity index (χ0) is 16.7. The highest BCUT2D eigenvalue weighted by atomic mass is 32.2. The molecule has 0 spiro atoms. The summed E-state index contributed by atoms with van der Waals surface area (Å²) in [6, 6.07) is 0. The number of aliphatic hydroxyl groups excluding tert-OH is 3. The van der Waals surface area contributed by atoms with E-state index in [4.69, 9.17) is 26.6 Å². The SMILES string of the molecule is O=c1[nH]cc([C@]2(CS(=O)(=O)O)O[C@H](CO)[C@@H](O)[C@H]2O)c(=S)[nH]1. The Morgan fingerprint density at radius 3 is 2.50 bits per heavy atom. The van der Waals surface area contributed by atoms with Crippen molar-refractivity contribution in [3.05, 3.63) is 26.9 Å². The minimum atomic E-state index is -4.66. The lowest BCUT2D eigenvalue weighted by molar-refractivity contribution is -0.0846. The second kappa shape index (κ2) is 5.81. The molecule has 1 aromatic heterocycles. The lowest BCUT2D eigenvalue weighted by Gasteiger charge is -2.30. The van der Waals surface area contributed by atoms with Gasteiger partial charge in [-0.25, -0.2) is 4.79 Å². The number of hydrogen-bond acceptors (Lipinski definition) is 8. The molecule has 10 nitrogen and oxygen atoms in total. The van der Waals surface area contributed by atoms with E-state index < -0.39 is 52.1 Å². The maximum atomic E-state index is 11.3. The first-order valence-electron chi connectivity index (χ1n) is 6.03. The number of ether oxygens (including phenoxy) is 1. The summed E-state index contributed by atoms with van der Waals surface area (Å²) in [5, 5.41) is 29.2. The van der Waals surface area contributed by atoms with Crippen LogP contribution in [0.15, 0.2) is 11.0 Å². The molecule has 2 heterocycles. The van der Waals surface area contributed by atoms with Crippen molar-refractivity contribution >= 4 is 22.3 Å². The summed E-state index contributed by atoms with van der Waals surface area (Å²) >= 11 is 4.92. The van der Waals surface area contributed by atoms with E-state index in [1.807, 2.05) is 0 Å². The molecule has 0 unspecified atom stereocenters. The van der Waals surface area contributed by atoms with Crippen molar-refractivity contribution < 1.29 is 33.0 Å². The van der Waals surface area contributed by atoms with Crippen LogP contribution in [0.1, 0.15) is 5.56 Å². The predicted molar refractivity (Wildman–Crippen MR) is 74.3 cm³/mol. The Hall–Kier alpha value is -1.15. The first-order valence-corrected chi connectivity index (χ1v) is 8.05. The smallest absolute Gasteiger partial charge is 0.323 e.